The molecule has 1 saturated heterocycles. The Morgan fingerprint density at radius 3 is 2.88 bits per heavy atom. The highest BCUT2D eigenvalue weighted by Gasteiger charge is 2.25. The van der Waals surface area contributed by atoms with Crippen molar-refractivity contribution >= 4 is 18.0 Å². The Morgan fingerprint density at radius 2 is 2.31 bits per heavy atom. The van der Waals surface area contributed by atoms with Gasteiger partial charge in [-0.25, -0.2) is 0 Å². The third-order valence-electron chi connectivity index (χ3n) is 2.92. The molecule has 86 valence electrons. The van der Waals surface area contributed by atoms with Crippen LogP contribution in [0.1, 0.15) is 29.3 Å². The molecule has 0 saturated carbocycles. The summed E-state index contributed by atoms with van der Waals surface area (Å²) in [6.45, 7) is 5.04. The van der Waals surface area contributed by atoms with Gasteiger partial charge in [-0.15, -0.1) is 11.8 Å². The Hall–Kier alpha value is -0.800. The summed E-state index contributed by atoms with van der Waals surface area (Å²) >= 11 is 1.86. The molecule has 0 amide bonds. The number of aryl methyl sites for hydroxylation is 1. The van der Waals surface area contributed by atoms with Gasteiger partial charge >= 0.3 is 0 Å². The molecule has 3 heteroatoms. The van der Waals surface area contributed by atoms with Gasteiger partial charge in [-0.2, -0.15) is 0 Å². The van der Waals surface area contributed by atoms with Crippen LogP contribution in [0.15, 0.2) is 23.1 Å². The zero-order chi connectivity index (χ0) is 11.5. The molecule has 1 fully saturated rings. The maximum absolute atomic E-state index is 10.6. The topological polar surface area (TPSA) is 26.3 Å². The summed E-state index contributed by atoms with van der Waals surface area (Å²) in [4.78, 5) is 11.9. The van der Waals surface area contributed by atoms with E-state index in [1.807, 2.05) is 30.0 Å². The van der Waals surface area contributed by atoms with E-state index in [1.165, 1.54) is 10.5 Å². The molecule has 1 heterocycles. The SMILES string of the molecule is Cc1cc(C=O)ccc1SC1CCOC1C. The predicted octanol–water partition coefficient (Wildman–Crippen LogP) is 3.08. The van der Waals surface area contributed by atoms with Crippen LogP contribution in [0.25, 0.3) is 0 Å². The third kappa shape index (κ3) is 2.47. The highest BCUT2D eigenvalue weighted by atomic mass is 32.2. The summed E-state index contributed by atoms with van der Waals surface area (Å²) in [5.74, 6) is 0. The fourth-order valence-corrected chi connectivity index (χ4v) is 3.11. The minimum Gasteiger partial charge on any atom is -0.377 e. The molecule has 0 N–H and O–H groups in total. The van der Waals surface area contributed by atoms with Crippen LogP contribution in [0.2, 0.25) is 0 Å². The number of benzene rings is 1. The van der Waals surface area contributed by atoms with Crippen molar-refractivity contribution in [2.24, 2.45) is 0 Å². The maximum atomic E-state index is 10.6. The van der Waals surface area contributed by atoms with Crippen LogP contribution >= 0.6 is 11.8 Å². The fraction of sp³-hybridized carbons (Fsp3) is 0.462. The Morgan fingerprint density at radius 1 is 1.50 bits per heavy atom. The third-order valence-corrected chi connectivity index (χ3v) is 4.55. The van der Waals surface area contributed by atoms with Gasteiger partial charge in [0.05, 0.1) is 6.10 Å². The number of carbonyl (C=O) groups is 1. The van der Waals surface area contributed by atoms with Crippen molar-refractivity contribution in [1.29, 1.82) is 0 Å². The molecule has 1 aromatic rings. The molecule has 2 unspecified atom stereocenters. The van der Waals surface area contributed by atoms with E-state index in [4.69, 9.17) is 4.74 Å². The Labute approximate surface area is 100 Å². The monoisotopic (exact) mass is 236 g/mol. The second-order valence-electron chi connectivity index (χ2n) is 4.16. The summed E-state index contributed by atoms with van der Waals surface area (Å²) in [6, 6.07) is 5.85. The molecule has 1 aliphatic heterocycles. The van der Waals surface area contributed by atoms with Crippen molar-refractivity contribution in [3.8, 4) is 0 Å². The largest absolute Gasteiger partial charge is 0.377 e. The van der Waals surface area contributed by atoms with E-state index in [2.05, 4.69) is 13.8 Å². The number of rotatable bonds is 3. The molecule has 1 aliphatic rings. The van der Waals surface area contributed by atoms with Gasteiger partial charge in [0.1, 0.15) is 6.29 Å². The quantitative estimate of drug-likeness (QED) is 0.754. The van der Waals surface area contributed by atoms with Crippen molar-refractivity contribution < 1.29 is 9.53 Å². The van der Waals surface area contributed by atoms with Gasteiger partial charge in [-0.05, 0) is 38.0 Å². The number of aldehydes is 1. The first-order valence-corrected chi connectivity index (χ1v) is 6.43. The van der Waals surface area contributed by atoms with Crippen LogP contribution < -0.4 is 0 Å². The van der Waals surface area contributed by atoms with Crippen LogP contribution in [0.3, 0.4) is 0 Å². The molecule has 0 aliphatic carbocycles. The maximum Gasteiger partial charge on any atom is 0.150 e. The lowest BCUT2D eigenvalue weighted by atomic mass is 10.2. The number of hydrogen-bond donors (Lipinski definition) is 0. The van der Waals surface area contributed by atoms with Gasteiger partial charge < -0.3 is 4.74 Å². The number of hydrogen-bond acceptors (Lipinski definition) is 3. The molecule has 0 bridgehead atoms. The first-order valence-electron chi connectivity index (χ1n) is 5.55. The summed E-state index contributed by atoms with van der Waals surface area (Å²) in [5, 5.41) is 0.542. The van der Waals surface area contributed by atoms with Gasteiger partial charge in [0, 0.05) is 22.3 Å². The van der Waals surface area contributed by atoms with Crippen molar-refractivity contribution in [3.63, 3.8) is 0 Å². The second-order valence-corrected chi connectivity index (χ2v) is 5.44. The average molecular weight is 236 g/mol. The Kier molecular flexibility index (Phi) is 3.66. The average Bonchev–Trinajstić information content (AvgIpc) is 2.67. The summed E-state index contributed by atoms with van der Waals surface area (Å²) < 4.78 is 5.55. The van der Waals surface area contributed by atoms with Crippen LogP contribution in [-0.2, 0) is 4.74 Å². The number of carbonyl (C=O) groups excluding carboxylic acids is 1. The van der Waals surface area contributed by atoms with Gasteiger partial charge in [0.15, 0.2) is 0 Å². The highest BCUT2D eigenvalue weighted by Crippen LogP contribution is 2.34. The Bertz CT molecular complexity index is 390. The fourth-order valence-electron chi connectivity index (χ4n) is 1.91. The summed E-state index contributed by atoms with van der Waals surface area (Å²) in [6.07, 6.45) is 2.33. The second kappa shape index (κ2) is 5.02. The lowest BCUT2D eigenvalue weighted by Gasteiger charge is -2.15. The number of ether oxygens (including phenoxy) is 1. The molecule has 16 heavy (non-hydrogen) atoms. The lowest BCUT2D eigenvalue weighted by molar-refractivity contribution is 0.112. The molecular weight excluding hydrogens is 220 g/mol. The van der Waals surface area contributed by atoms with E-state index in [0.717, 1.165) is 24.9 Å². The summed E-state index contributed by atoms with van der Waals surface area (Å²) in [5.41, 5.74) is 1.92. The predicted molar refractivity (Wildman–Crippen MR) is 66.2 cm³/mol. The zero-order valence-corrected chi connectivity index (χ0v) is 10.4. The van der Waals surface area contributed by atoms with Crippen LogP contribution in [0, 0.1) is 6.92 Å². The smallest absolute Gasteiger partial charge is 0.150 e. The molecule has 2 atom stereocenters. The van der Waals surface area contributed by atoms with Crippen molar-refractivity contribution in [2.45, 2.75) is 36.5 Å². The van der Waals surface area contributed by atoms with Crippen molar-refractivity contribution in [2.75, 3.05) is 6.61 Å². The van der Waals surface area contributed by atoms with Gasteiger partial charge in [-0.1, -0.05) is 6.07 Å². The van der Waals surface area contributed by atoms with E-state index < -0.39 is 0 Å². The molecule has 0 spiro atoms. The standard InChI is InChI=1S/C13H16O2S/c1-9-7-11(8-14)3-4-12(9)16-13-5-6-15-10(13)2/h3-4,7-8,10,13H,5-6H2,1-2H3. The minimum atomic E-state index is 0.329. The summed E-state index contributed by atoms with van der Waals surface area (Å²) in [7, 11) is 0. The Balaban J connectivity index is 2.12. The van der Waals surface area contributed by atoms with E-state index in [-0.39, 0.29) is 0 Å². The minimum absolute atomic E-state index is 0.329. The van der Waals surface area contributed by atoms with Crippen molar-refractivity contribution in [3.05, 3.63) is 29.3 Å². The molecule has 0 radical (unpaired) electrons. The molecule has 0 aromatic heterocycles. The van der Waals surface area contributed by atoms with Crippen LogP contribution in [0.4, 0.5) is 0 Å². The normalized spacial score (nSPS) is 24.6. The van der Waals surface area contributed by atoms with E-state index in [1.54, 1.807) is 0 Å². The molecule has 2 nitrogen and oxygen atoms in total. The van der Waals surface area contributed by atoms with E-state index in [9.17, 15) is 4.79 Å². The van der Waals surface area contributed by atoms with Crippen LogP contribution in [0.5, 0.6) is 0 Å². The number of thioether (sulfide) groups is 1. The van der Waals surface area contributed by atoms with Gasteiger partial charge in [-0.3, -0.25) is 4.79 Å². The zero-order valence-electron chi connectivity index (χ0n) is 9.60. The van der Waals surface area contributed by atoms with Gasteiger partial charge in [0.2, 0.25) is 0 Å². The lowest BCUT2D eigenvalue weighted by Crippen LogP contribution is -2.13. The highest BCUT2D eigenvalue weighted by molar-refractivity contribution is 8.00. The first-order chi connectivity index (χ1) is 7.70. The molecular formula is C13H16O2S. The molecule has 2 rings (SSSR count). The van der Waals surface area contributed by atoms with Gasteiger partial charge in [0.25, 0.3) is 0 Å². The first kappa shape index (κ1) is 11.7. The van der Waals surface area contributed by atoms with E-state index in [0.29, 0.717) is 11.4 Å². The van der Waals surface area contributed by atoms with Crippen molar-refractivity contribution in [1.82, 2.24) is 0 Å². The van der Waals surface area contributed by atoms with Crippen LogP contribution in [-0.4, -0.2) is 24.2 Å². The molecule has 1 aromatic carbocycles. The van der Waals surface area contributed by atoms with E-state index >= 15 is 0 Å².